The van der Waals surface area contributed by atoms with E-state index in [1.54, 1.807) is 17.4 Å². The molecule has 2 aliphatic rings. The molecule has 2 atom stereocenters. The quantitative estimate of drug-likeness (QED) is 0.886. The van der Waals surface area contributed by atoms with Crippen molar-refractivity contribution in [1.82, 2.24) is 4.90 Å². The van der Waals surface area contributed by atoms with Crippen LogP contribution in [0.15, 0.2) is 41.8 Å². The normalized spacial score (nSPS) is 23.4. The number of nitrogens with zero attached hydrogens (tertiary/aromatic N) is 2. The first kappa shape index (κ1) is 17.5. The number of carbonyl (C=O) groups excluding carboxylic acids is 1. The lowest BCUT2D eigenvalue weighted by molar-refractivity contribution is -0.910. The lowest BCUT2D eigenvalue weighted by Gasteiger charge is -2.36. The van der Waals surface area contributed by atoms with Gasteiger partial charge in [-0.15, -0.1) is 11.3 Å². The molecule has 2 fully saturated rings. The average Bonchev–Trinajstić information content (AvgIpc) is 3.33. The molecule has 0 saturated carbocycles. The van der Waals surface area contributed by atoms with Crippen LogP contribution in [0.4, 0.5) is 10.1 Å². The van der Waals surface area contributed by atoms with Gasteiger partial charge in [0.25, 0.3) is 5.91 Å². The number of hydrogen-bond donors (Lipinski definition) is 1. The molecule has 0 bridgehead atoms. The van der Waals surface area contributed by atoms with E-state index in [1.807, 2.05) is 21.9 Å². The Labute approximate surface area is 157 Å². The smallest absolute Gasteiger partial charge is 0.277 e. The molecule has 0 spiro atoms. The Morgan fingerprint density at radius 3 is 2.69 bits per heavy atom. The molecule has 1 amide bonds. The Bertz CT molecular complexity index is 743. The molecule has 0 aliphatic carbocycles. The first-order valence-electron chi connectivity index (χ1n) is 9.37. The maximum absolute atomic E-state index is 14.0. The third kappa shape index (κ3) is 3.62. The zero-order valence-corrected chi connectivity index (χ0v) is 15.7. The molecule has 1 N–H and O–H groups in total. The van der Waals surface area contributed by atoms with E-state index in [1.165, 1.54) is 28.7 Å². The minimum Gasteiger partial charge on any atom is -0.366 e. The number of thiophene rings is 1. The summed E-state index contributed by atoms with van der Waals surface area (Å²) >= 11 is 1.80. The Morgan fingerprint density at radius 1 is 1.15 bits per heavy atom. The zero-order valence-electron chi connectivity index (χ0n) is 14.9. The predicted molar refractivity (Wildman–Crippen MR) is 102 cm³/mol. The number of hydrogen-bond acceptors (Lipinski definition) is 3. The molecule has 4 nitrogen and oxygen atoms in total. The Morgan fingerprint density at radius 2 is 1.96 bits per heavy atom. The second-order valence-corrected chi connectivity index (χ2v) is 8.09. The van der Waals surface area contributed by atoms with Crippen LogP contribution in [0.25, 0.3) is 0 Å². The Balaban J connectivity index is 1.33. The molecule has 26 heavy (non-hydrogen) atoms. The number of carbonyl (C=O) groups is 1. The van der Waals surface area contributed by atoms with E-state index in [4.69, 9.17) is 0 Å². The van der Waals surface area contributed by atoms with Crippen LogP contribution < -0.4 is 9.80 Å². The summed E-state index contributed by atoms with van der Waals surface area (Å²) in [5.74, 6) is 0.0456. The van der Waals surface area contributed by atoms with Gasteiger partial charge >= 0.3 is 0 Å². The number of nitrogens with one attached hydrogen (secondary N) is 1. The first-order chi connectivity index (χ1) is 12.7. The highest BCUT2D eigenvalue weighted by atomic mass is 32.1. The highest BCUT2D eigenvalue weighted by Gasteiger charge is 2.34. The molecule has 2 aliphatic heterocycles. The third-order valence-electron chi connectivity index (χ3n) is 5.57. The fourth-order valence-electron chi connectivity index (χ4n) is 4.17. The monoisotopic (exact) mass is 374 g/mol. The third-order valence-corrected chi connectivity index (χ3v) is 6.56. The number of benzene rings is 1. The van der Waals surface area contributed by atoms with Gasteiger partial charge in [-0.1, -0.05) is 18.2 Å². The molecule has 3 heterocycles. The number of amides is 1. The lowest BCUT2D eigenvalue weighted by atomic mass is 10.2. The maximum Gasteiger partial charge on any atom is 0.277 e. The van der Waals surface area contributed by atoms with E-state index in [-0.39, 0.29) is 11.7 Å². The van der Waals surface area contributed by atoms with E-state index < -0.39 is 0 Å². The van der Waals surface area contributed by atoms with Crippen molar-refractivity contribution in [3.05, 3.63) is 52.5 Å². The van der Waals surface area contributed by atoms with Crippen molar-refractivity contribution in [2.45, 2.75) is 18.9 Å². The van der Waals surface area contributed by atoms with E-state index in [9.17, 15) is 9.18 Å². The highest BCUT2D eigenvalue weighted by Crippen LogP contribution is 2.23. The van der Waals surface area contributed by atoms with Crippen molar-refractivity contribution in [2.24, 2.45) is 0 Å². The second kappa shape index (κ2) is 7.76. The van der Waals surface area contributed by atoms with Crippen LogP contribution in [-0.2, 0) is 4.79 Å². The summed E-state index contributed by atoms with van der Waals surface area (Å²) in [6.45, 7) is 4.37. The summed E-state index contributed by atoms with van der Waals surface area (Å²) in [6, 6.07) is 11.6. The van der Waals surface area contributed by atoms with E-state index in [2.05, 4.69) is 17.5 Å². The molecule has 1 unspecified atom stereocenters. The molecular formula is C20H25FN3OS+. The van der Waals surface area contributed by atoms with Crippen LogP contribution in [0.1, 0.15) is 23.8 Å². The topological polar surface area (TPSA) is 28.0 Å². The molecular weight excluding hydrogens is 349 g/mol. The van der Waals surface area contributed by atoms with Crippen LogP contribution in [-0.4, -0.2) is 50.1 Å². The van der Waals surface area contributed by atoms with Gasteiger partial charge < -0.3 is 14.7 Å². The van der Waals surface area contributed by atoms with Crippen molar-refractivity contribution >= 4 is 22.9 Å². The number of halogens is 1. The zero-order chi connectivity index (χ0) is 17.9. The molecule has 2 aromatic rings. The fourth-order valence-corrected chi connectivity index (χ4v) is 5.09. The number of piperazine rings is 1. The van der Waals surface area contributed by atoms with Crippen molar-refractivity contribution in [2.75, 3.05) is 44.2 Å². The number of quaternary nitrogens is 1. The summed E-state index contributed by atoms with van der Waals surface area (Å²) in [5.41, 5.74) is 0.641. The van der Waals surface area contributed by atoms with Gasteiger partial charge in [-0.05, 0) is 23.6 Å². The Kier molecular flexibility index (Phi) is 5.22. The molecule has 1 aromatic carbocycles. The summed E-state index contributed by atoms with van der Waals surface area (Å²) in [6.07, 6.45) is 2.36. The van der Waals surface area contributed by atoms with Gasteiger partial charge in [-0.2, -0.15) is 0 Å². The standard InChI is InChI=1S/C20H24FN3OS/c21-16-5-1-2-6-17(16)22-10-12-23(13-11-22)20(25)15-24-9-3-7-18(24)19-8-4-14-26-19/h1-2,4-6,8,14,18H,3,7,9-13,15H2/p+1/t18-/m0/s1. The molecule has 4 rings (SSSR count). The number of likely N-dealkylation sites (tertiary alicyclic amines) is 1. The van der Waals surface area contributed by atoms with Gasteiger partial charge in [0.05, 0.1) is 17.1 Å². The molecule has 6 heteroatoms. The lowest BCUT2D eigenvalue weighted by Crippen LogP contribution is -3.11. The van der Waals surface area contributed by atoms with Crippen LogP contribution in [0, 0.1) is 5.82 Å². The van der Waals surface area contributed by atoms with Gasteiger partial charge in [-0.25, -0.2) is 4.39 Å². The van der Waals surface area contributed by atoms with Crippen molar-refractivity contribution in [3.8, 4) is 0 Å². The van der Waals surface area contributed by atoms with Crippen LogP contribution >= 0.6 is 11.3 Å². The molecule has 0 radical (unpaired) electrons. The number of rotatable bonds is 4. The van der Waals surface area contributed by atoms with Gasteiger partial charge in [0.2, 0.25) is 0 Å². The summed E-state index contributed by atoms with van der Waals surface area (Å²) in [5, 5.41) is 2.12. The number of anilines is 1. The molecule has 1 aromatic heterocycles. The Hall–Kier alpha value is -1.92. The van der Waals surface area contributed by atoms with Gasteiger partial charge in [0.1, 0.15) is 11.9 Å². The fraction of sp³-hybridized carbons (Fsp3) is 0.450. The summed E-state index contributed by atoms with van der Waals surface area (Å²) in [4.78, 5) is 19.6. The summed E-state index contributed by atoms with van der Waals surface area (Å²) in [7, 11) is 0. The van der Waals surface area contributed by atoms with Crippen LogP contribution in [0.3, 0.4) is 0 Å². The second-order valence-electron chi connectivity index (χ2n) is 7.11. The largest absolute Gasteiger partial charge is 0.366 e. The van der Waals surface area contributed by atoms with Crippen molar-refractivity contribution in [3.63, 3.8) is 0 Å². The predicted octanol–water partition coefficient (Wildman–Crippen LogP) is 1.96. The SMILES string of the molecule is O=C(C[NH+]1CCC[C@H]1c1cccs1)N1CCN(c2ccccc2F)CC1. The summed E-state index contributed by atoms with van der Waals surface area (Å²) < 4.78 is 14.0. The first-order valence-corrected chi connectivity index (χ1v) is 10.3. The van der Waals surface area contributed by atoms with Crippen LogP contribution in [0.5, 0.6) is 0 Å². The van der Waals surface area contributed by atoms with Crippen molar-refractivity contribution in [1.29, 1.82) is 0 Å². The van der Waals surface area contributed by atoms with E-state index in [0.717, 1.165) is 6.54 Å². The van der Waals surface area contributed by atoms with Crippen LogP contribution in [0.2, 0.25) is 0 Å². The van der Waals surface area contributed by atoms with Gasteiger partial charge in [0, 0.05) is 39.0 Å². The number of para-hydroxylation sites is 1. The van der Waals surface area contributed by atoms with Gasteiger partial charge in [0.15, 0.2) is 6.54 Å². The van der Waals surface area contributed by atoms with Crippen molar-refractivity contribution < 1.29 is 14.1 Å². The molecule has 2 saturated heterocycles. The minimum atomic E-state index is -0.187. The minimum absolute atomic E-state index is 0.187. The maximum atomic E-state index is 14.0. The highest BCUT2D eigenvalue weighted by molar-refractivity contribution is 7.10. The van der Waals surface area contributed by atoms with E-state index in [0.29, 0.717) is 44.5 Å². The average molecular weight is 375 g/mol. The molecule has 138 valence electrons. The van der Waals surface area contributed by atoms with E-state index >= 15 is 0 Å². The van der Waals surface area contributed by atoms with Gasteiger partial charge in [-0.3, -0.25) is 4.79 Å².